The van der Waals surface area contributed by atoms with E-state index in [9.17, 15) is 13.2 Å². The summed E-state index contributed by atoms with van der Waals surface area (Å²) >= 11 is 1.76. The SMILES string of the molecule is CC(C)(C)c1cc(-c2[c-]c(C(C)(C)c3nc4ccccc4s3)ccc2)[c-]c(-c2ccccn2)c1.CC(C)(c1cccc(-c2[c-]c(-c3[c-]c(-c4ccccn4)cc(F)c3)cc(F)c2)c1)c1ccccn1.Cn1c(-c2[c-]c(-c3[c-]c4c(CN=C5CCCCC5)cccc4n3C)cc(-n3c(C(C)(C)C)nc4ccccc43)c2)nc2ccccc21.Fc1cc(Cc2cccc[pH+]2)[c-]c(-c2[c-]c(-c3ccccn3)cnc2)c1.[Pt+2].[Pt+2].[Pt+2].[Pt+2]. The molecule has 1 fully saturated rings. The molecule has 1 unspecified atom stereocenters. The molecule has 1 atom stereocenters. The Bertz CT molecular complexity index is 8140. The zero-order valence-electron chi connectivity index (χ0n) is 82.8. The van der Waals surface area contributed by atoms with E-state index in [0.29, 0.717) is 60.2 Å². The first kappa shape index (κ1) is 108. The fourth-order valence-corrected chi connectivity index (χ4v) is 20.1. The molecule has 0 bridgehead atoms. The van der Waals surface area contributed by atoms with E-state index in [1.54, 1.807) is 60.5 Å². The van der Waals surface area contributed by atoms with Crippen molar-refractivity contribution in [2.45, 2.75) is 136 Å². The monoisotopic (exact) mass is 2670 g/mol. The molecule has 0 aliphatic heterocycles. The molecule has 21 aromatic rings. The number of hydrogen-bond acceptors (Lipinski definition) is 10. The van der Waals surface area contributed by atoms with Crippen molar-refractivity contribution in [3.05, 3.63) is 444 Å². The second-order valence-electron chi connectivity index (χ2n) is 39.0. The van der Waals surface area contributed by atoms with E-state index in [2.05, 4.69) is 304 Å². The van der Waals surface area contributed by atoms with Crippen LogP contribution in [0.2, 0.25) is 0 Å². The van der Waals surface area contributed by atoms with Gasteiger partial charge in [-0.1, -0.05) is 244 Å². The van der Waals surface area contributed by atoms with Crippen LogP contribution in [0.4, 0.5) is 13.2 Å². The molecule has 1 aliphatic rings. The van der Waals surface area contributed by atoms with Gasteiger partial charge in [0.15, 0.2) is 0 Å². The maximum Gasteiger partial charge on any atom is 2.00 e. The van der Waals surface area contributed by atoms with Gasteiger partial charge < -0.3 is 18.7 Å². The normalized spacial score (nSPS) is 12.1. The van der Waals surface area contributed by atoms with Crippen LogP contribution in [0.1, 0.15) is 151 Å². The van der Waals surface area contributed by atoms with Crippen LogP contribution < -0.4 is 0 Å². The first-order valence-electron chi connectivity index (χ1n) is 47.9. The smallest absolute Gasteiger partial charge is 0.431 e. The molecule has 0 radical (unpaired) electrons. The molecule has 0 N–H and O–H groups in total. The van der Waals surface area contributed by atoms with Gasteiger partial charge in [0.1, 0.15) is 30.1 Å². The van der Waals surface area contributed by atoms with Crippen LogP contribution in [0.25, 0.3) is 150 Å². The van der Waals surface area contributed by atoms with Crippen LogP contribution in [0.15, 0.2) is 333 Å². The molecule has 0 saturated heterocycles. The summed E-state index contributed by atoms with van der Waals surface area (Å²) in [5.41, 5.74) is 27.5. The van der Waals surface area contributed by atoms with Crippen LogP contribution in [-0.4, -0.2) is 59.3 Å². The van der Waals surface area contributed by atoms with Crippen molar-refractivity contribution >= 4 is 68.4 Å². The third kappa shape index (κ3) is 24.6. The number of fused-ring (bicyclic) bond motifs is 4. The Balaban J connectivity index is 0.000000148. The standard InChI is InChI=1S/C41H40N6.C31H22F2N2.C31H28N2S.C22H14FN2P.4Pt/c1-41(2,3)40-44-34-18-10-12-20-37(34)47(40)31-23-28(22-29(24-31)39-43-33-17-9-11-19-36(33)46(39)5)38-25-32-27(14-13-21-35(32)45(38)4)26-42-30-15-7-6-8-16-30;1-31(2,30-11-4-6-13-35-30)26-9-7-8-21(16-26)22-14-23(18-27(32)17-22)24-15-25(20-28(33)19-24)29-10-3-5-12-34-29;1-30(2,3)25-19-22(17-23(20-25)26-13-8-9-16-32-26)21-11-10-12-24(18-21)31(4,5)29-33-27-14-6-7-15-28(27)34-29;23-20-10-16(11-21-5-2-4-8-26-21)9-17(13-20)18-12-19(15-24-14-18)22-6-1-3-7-25-22;;;;/h9-14,17-21,23-24H,6-8,15-16,26H2,1-5H3;3-13,16-20H,1-2H3;6-16,19-20H,1-5H3;1-8,10,13-15H,11H2;;;;/q4*-2;4*+2/p+1. The van der Waals surface area contributed by atoms with Crippen LogP contribution in [0.3, 0.4) is 0 Å². The Morgan fingerprint density at radius 3 is 1.58 bits per heavy atom. The average Bonchev–Trinajstić information content (AvgIpc) is 1.56. The Labute approximate surface area is 916 Å². The summed E-state index contributed by atoms with van der Waals surface area (Å²) in [7, 11) is 4.85. The van der Waals surface area contributed by atoms with E-state index in [0.717, 1.165) is 152 Å². The predicted molar refractivity (Wildman–Crippen MR) is 575 cm³/mol. The van der Waals surface area contributed by atoms with Gasteiger partial charge in [-0.25, -0.2) is 34.3 Å². The summed E-state index contributed by atoms with van der Waals surface area (Å²) in [5, 5.41) is 3.49. The van der Waals surface area contributed by atoms with Crippen LogP contribution in [-0.2, 0) is 133 Å². The number of hydrogen-bond donors (Lipinski definition) is 0. The van der Waals surface area contributed by atoms with Gasteiger partial charge in [0.2, 0.25) is 0 Å². The number of imidazole rings is 2. The number of aryl methyl sites for hydroxylation is 2. The molecule has 22 rings (SSSR count). The van der Waals surface area contributed by atoms with E-state index in [1.807, 2.05) is 115 Å². The van der Waals surface area contributed by atoms with Gasteiger partial charge in [-0.2, -0.15) is 94.5 Å². The van der Waals surface area contributed by atoms with Gasteiger partial charge in [0.05, 0.1) is 55.4 Å². The molecule has 12 nitrogen and oxygen atoms in total. The summed E-state index contributed by atoms with van der Waals surface area (Å²) in [6.45, 7) is 22.8. The molecule has 0 spiro atoms. The number of halogens is 3. The van der Waals surface area contributed by atoms with Crippen LogP contribution >= 0.6 is 19.5 Å². The van der Waals surface area contributed by atoms with Gasteiger partial charge in [0.25, 0.3) is 0 Å². The van der Waals surface area contributed by atoms with Gasteiger partial charge in [-0.05, 0) is 140 Å². The molecule has 11 aromatic carbocycles. The van der Waals surface area contributed by atoms with E-state index < -0.39 is 11.6 Å². The Morgan fingerprint density at radius 1 is 0.397 bits per heavy atom. The molecular weight excluding hydrogens is 2570 g/mol. The van der Waals surface area contributed by atoms with E-state index in [-0.39, 0.29) is 112 Å². The summed E-state index contributed by atoms with van der Waals surface area (Å²) in [6.07, 6.45) is 17.2. The van der Waals surface area contributed by atoms with E-state index in [1.165, 1.54) is 76.4 Å². The van der Waals surface area contributed by atoms with Crippen LogP contribution in [0.5, 0.6) is 0 Å². The van der Waals surface area contributed by atoms with E-state index in [4.69, 9.17) is 19.9 Å². The maximum absolute atomic E-state index is 14.8. The number of aliphatic imine (C=N–C) groups is 1. The summed E-state index contributed by atoms with van der Waals surface area (Å²) < 4.78 is 51.4. The summed E-state index contributed by atoms with van der Waals surface area (Å²) in [6, 6.07) is 120. The molecule has 1 saturated carbocycles. The maximum atomic E-state index is 14.8. The number of aromatic nitrogens is 11. The molecule has 0 amide bonds. The van der Waals surface area contributed by atoms with Crippen LogP contribution in [0, 0.1) is 66.0 Å². The molecular formula is C125H105F3N12PPt4S+. The largest absolute Gasteiger partial charge is 2.00 e. The zero-order valence-corrected chi connectivity index (χ0v) is 93.7. The van der Waals surface area contributed by atoms with Gasteiger partial charge >= 0.3 is 84.3 Å². The minimum Gasteiger partial charge on any atom is -0.431 e. The van der Waals surface area contributed by atoms with Crippen molar-refractivity contribution in [2.75, 3.05) is 0 Å². The molecule has 10 heterocycles. The van der Waals surface area contributed by atoms with Crippen molar-refractivity contribution in [2.24, 2.45) is 19.1 Å². The predicted octanol–water partition coefficient (Wildman–Crippen LogP) is 30.9. The Kier molecular flexibility index (Phi) is 34.7. The summed E-state index contributed by atoms with van der Waals surface area (Å²) in [5.74, 6) is 2.86. The van der Waals surface area contributed by atoms with Crippen molar-refractivity contribution < 1.29 is 97.4 Å². The van der Waals surface area contributed by atoms with Crippen molar-refractivity contribution in [3.63, 3.8) is 0 Å². The molecule has 10 aromatic heterocycles. The second kappa shape index (κ2) is 47.1. The number of benzene rings is 11. The average molecular weight is 2680 g/mol. The second-order valence-corrected chi connectivity index (χ2v) is 41.3. The first-order valence-corrected chi connectivity index (χ1v) is 49.8. The fourth-order valence-electron chi connectivity index (χ4n) is 18.1. The minimum atomic E-state index is -0.447. The van der Waals surface area contributed by atoms with Crippen molar-refractivity contribution in [3.8, 4) is 107 Å². The Hall–Kier alpha value is -12.6. The zero-order chi connectivity index (χ0) is 98.4. The van der Waals surface area contributed by atoms with E-state index >= 15 is 0 Å². The molecule has 146 heavy (non-hydrogen) atoms. The van der Waals surface area contributed by atoms with Crippen molar-refractivity contribution in [1.29, 1.82) is 0 Å². The number of rotatable bonds is 18. The van der Waals surface area contributed by atoms with Crippen molar-refractivity contribution in [1.82, 2.24) is 53.6 Å². The topological polar surface area (TPSA) is 130 Å². The first-order chi connectivity index (χ1) is 68.6. The number of nitrogens with zero attached hydrogens (tertiary/aromatic N) is 12. The molecule has 1 aliphatic carbocycles. The third-order valence-electron chi connectivity index (χ3n) is 25.9. The summed E-state index contributed by atoms with van der Waals surface area (Å²) in [4.78, 5) is 42.2. The number of thiazole rings is 1. The Morgan fingerprint density at radius 2 is 0.938 bits per heavy atom. The number of pyridine rings is 5. The molecule has 736 valence electrons. The van der Waals surface area contributed by atoms with Gasteiger partial charge in [-0.3, -0.25) is 29.9 Å². The number of para-hydroxylation sites is 5. The quantitative estimate of drug-likeness (QED) is 0.0777. The van der Waals surface area contributed by atoms with Gasteiger partial charge in [0, 0.05) is 89.7 Å². The minimum absolute atomic E-state index is 0. The molecule has 21 heteroatoms. The third-order valence-corrected chi connectivity index (χ3v) is 28.3. The fraction of sp³-hybridized carbons (Fsp3) is 0.184. The van der Waals surface area contributed by atoms with Gasteiger partial charge in [-0.15, -0.1) is 104 Å².